The number of hydrogen-bond acceptors (Lipinski definition) is 3. The standard InChI is InChI=1S/C16H31N3O/c1-18-11-9-15(10-12-18)19(2)16(20)8-5-13-3-6-14(17)7-4-13/h13-15H,3-12,17H2,1-2H3. The molecule has 20 heavy (non-hydrogen) atoms. The molecule has 2 fully saturated rings. The molecule has 116 valence electrons. The molecule has 0 aromatic rings. The lowest BCUT2D eigenvalue weighted by Gasteiger charge is -2.35. The van der Waals surface area contributed by atoms with E-state index < -0.39 is 0 Å². The van der Waals surface area contributed by atoms with E-state index in [2.05, 4.69) is 11.9 Å². The summed E-state index contributed by atoms with van der Waals surface area (Å²) in [6.07, 6.45) is 8.74. The van der Waals surface area contributed by atoms with Gasteiger partial charge >= 0.3 is 0 Å². The molecule has 1 saturated heterocycles. The Labute approximate surface area is 123 Å². The Morgan fingerprint density at radius 2 is 1.75 bits per heavy atom. The van der Waals surface area contributed by atoms with Gasteiger partial charge in [0.05, 0.1) is 0 Å². The van der Waals surface area contributed by atoms with Crippen molar-refractivity contribution in [2.75, 3.05) is 27.2 Å². The maximum absolute atomic E-state index is 12.3. The SMILES string of the molecule is CN1CCC(N(C)C(=O)CCC2CCC(N)CC2)CC1. The first kappa shape index (κ1) is 15.8. The fraction of sp³-hybridized carbons (Fsp3) is 0.938. The lowest BCUT2D eigenvalue weighted by Crippen LogP contribution is -2.44. The first-order chi connectivity index (χ1) is 9.56. The second kappa shape index (κ2) is 7.41. The first-order valence-electron chi connectivity index (χ1n) is 8.26. The van der Waals surface area contributed by atoms with Gasteiger partial charge in [-0.2, -0.15) is 0 Å². The summed E-state index contributed by atoms with van der Waals surface area (Å²) in [5, 5.41) is 0. The lowest BCUT2D eigenvalue weighted by molar-refractivity contribution is -0.133. The van der Waals surface area contributed by atoms with Crippen LogP contribution in [0.15, 0.2) is 0 Å². The van der Waals surface area contributed by atoms with Gasteiger partial charge in [-0.1, -0.05) is 0 Å². The first-order valence-corrected chi connectivity index (χ1v) is 8.26. The monoisotopic (exact) mass is 281 g/mol. The van der Waals surface area contributed by atoms with E-state index in [0.717, 1.165) is 57.5 Å². The van der Waals surface area contributed by atoms with Crippen molar-refractivity contribution in [1.82, 2.24) is 9.80 Å². The van der Waals surface area contributed by atoms with Crippen molar-refractivity contribution in [3.63, 3.8) is 0 Å². The van der Waals surface area contributed by atoms with Gasteiger partial charge in [-0.15, -0.1) is 0 Å². The molecule has 2 aliphatic rings. The second-order valence-electron chi connectivity index (χ2n) is 6.86. The molecule has 1 amide bonds. The number of hydrogen-bond donors (Lipinski definition) is 1. The van der Waals surface area contributed by atoms with Crippen molar-refractivity contribution in [2.45, 2.75) is 63.5 Å². The van der Waals surface area contributed by atoms with Crippen molar-refractivity contribution in [2.24, 2.45) is 11.7 Å². The summed E-state index contributed by atoms with van der Waals surface area (Å²) in [7, 11) is 4.15. The van der Waals surface area contributed by atoms with Gasteiger partial charge in [-0.3, -0.25) is 4.79 Å². The van der Waals surface area contributed by atoms with E-state index in [1.54, 1.807) is 0 Å². The quantitative estimate of drug-likeness (QED) is 0.855. The Morgan fingerprint density at radius 3 is 2.35 bits per heavy atom. The molecule has 1 aliphatic heterocycles. The van der Waals surface area contributed by atoms with E-state index in [4.69, 9.17) is 5.73 Å². The van der Waals surface area contributed by atoms with Crippen molar-refractivity contribution in [3.05, 3.63) is 0 Å². The fourth-order valence-electron chi connectivity index (χ4n) is 3.57. The van der Waals surface area contributed by atoms with Crippen LogP contribution in [0.4, 0.5) is 0 Å². The Balaban J connectivity index is 1.68. The molecule has 4 nitrogen and oxygen atoms in total. The fourth-order valence-corrected chi connectivity index (χ4v) is 3.57. The zero-order valence-electron chi connectivity index (χ0n) is 13.2. The molecular weight excluding hydrogens is 250 g/mol. The zero-order chi connectivity index (χ0) is 14.5. The van der Waals surface area contributed by atoms with Gasteiger partial charge in [0, 0.05) is 25.6 Å². The Bertz CT molecular complexity index is 305. The van der Waals surface area contributed by atoms with Crippen molar-refractivity contribution in [1.29, 1.82) is 0 Å². The smallest absolute Gasteiger partial charge is 0.222 e. The molecule has 4 heteroatoms. The van der Waals surface area contributed by atoms with Crippen LogP contribution < -0.4 is 5.73 Å². The van der Waals surface area contributed by atoms with Crippen molar-refractivity contribution < 1.29 is 4.79 Å². The Hall–Kier alpha value is -0.610. The Morgan fingerprint density at radius 1 is 1.15 bits per heavy atom. The van der Waals surface area contributed by atoms with Gasteiger partial charge in [0.25, 0.3) is 0 Å². The summed E-state index contributed by atoms with van der Waals surface area (Å²) < 4.78 is 0. The largest absolute Gasteiger partial charge is 0.343 e. The van der Waals surface area contributed by atoms with Gasteiger partial charge in [-0.25, -0.2) is 0 Å². The van der Waals surface area contributed by atoms with Gasteiger partial charge < -0.3 is 15.5 Å². The third kappa shape index (κ3) is 4.45. The van der Waals surface area contributed by atoms with Gasteiger partial charge in [-0.05, 0) is 71.0 Å². The molecule has 0 aromatic carbocycles. The number of rotatable bonds is 4. The van der Waals surface area contributed by atoms with E-state index in [1.807, 2.05) is 11.9 Å². The predicted octanol–water partition coefficient (Wildman–Crippen LogP) is 1.84. The number of nitrogens with zero attached hydrogens (tertiary/aromatic N) is 2. The third-order valence-corrected chi connectivity index (χ3v) is 5.29. The minimum atomic E-state index is 0.342. The van der Waals surface area contributed by atoms with E-state index in [0.29, 0.717) is 18.0 Å². The zero-order valence-corrected chi connectivity index (χ0v) is 13.2. The summed E-state index contributed by atoms with van der Waals surface area (Å²) in [5.74, 6) is 1.07. The number of nitrogens with two attached hydrogens (primary N) is 1. The Kier molecular flexibility index (Phi) is 5.85. The van der Waals surface area contributed by atoms with Gasteiger partial charge in [0.1, 0.15) is 0 Å². The van der Waals surface area contributed by atoms with Crippen LogP contribution in [-0.2, 0) is 4.79 Å². The van der Waals surface area contributed by atoms with Crippen LogP contribution in [0.3, 0.4) is 0 Å². The highest BCUT2D eigenvalue weighted by Crippen LogP contribution is 2.27. The molecule has 1 heterocycles. The average molecular weight is 281 g/mol. The average Bonchev–Trinajstić information content (AvgIpc) is 2.46. The van der Waals surface area contributed by atoms with E-state index in [9.17, 15) is 4.79 Å². The maximum Gasteiger partial charge on any atom is 0.222 e. The number of carbonyl (C=O) groups is 1. The van der Waals surface area contributed by atoms with Crippen LogP contribution in [-0.4, -0.2) is 55.0 Å². The number of amides is 1. The highest BCUT2D eigenvalue weighted by Gasteiger charge is 2.25. The topological polar surface area (TPSA) is 49.6 Å². The molecule has 0 unspecified atom stereocenters. The molecule has 1 saturated carbocycles. The molecule has 2 N–H and O–H groups in total. The number of piperidine rings is 1. The number of likely N-dealkylation sites (tertiary alicyclic amines) is 1. The van der Waals surface area contributed by atoms with Crippen LogP contribution in [0.2, 0.25) is 0 Å². The van der Waals surface area contributed by atoms with Crippen LogP contribution >= 0.6 is 0 Å². The molecule has 1 aliphatic carbocycles. The molecule has 0 spiro atoms. The van der Waals surface area contributed by atoms with E-state index >= 15 is 0 Å². The normalized spacial score (nSPS) is 29.4. The summed E-state index contributed by atoms with van der Waals surface area (Å²) in [4.78, 5) is 16.7. The van der Waals surface area contributed by atoms with Crippen LogP contribution in [0.25, 0.3) is 0 Å². The minimum Gasteiger partial charge on any atom is -0.343 e. The second-order valence-corrected chi connectivity index (χ2v) is 6.86. The highest BCUT2D eigenvalue weighted by atomic mass is 16.2. The number of carbonyl (C=O) groups excluding carboxylic acids is 1. The summed E-state index contributed by atoms with van der Waals surface area (Å²) in [5.41, 5.74) is 5.93. The third-order valence-electron chi connectivity index (χ3n) is 5.29. The maximum atomic E-state index is 12.3. The van der Waals surface area contributed by atoms with Crippen molar-refractivity contribution in [3.8, 4) is 0 Å². The van der Waals surface area contributed by atoms with Gasteiger partial charge in [0.15, 0.2) is 0 Å². The van der Waals surface area contributed by atoms with E-state index in [-0.39, 0.29) is 0 Å². The highest BCUT2D eigenvalue weighted by molar-refractivity contribution is 5.76. The molecule has 2 rings (SSSR count). The molecule has 0 radical (unpaired) electrons. The van der Waals surface area contributed by atoms with Crippen LogP contribution in [0.1, 0.15) is 51.4 Å². The summed E-state index contributed by atoms with van der Waals surface area (Å²) in [6.45, 7) is 2.23. The molecule has 0 aromatic heterocycles. The van der Waals surface area contributed by atoms with Crippen LogP contribution in [0.5, 0.6) is 0 Å². The lowest BCUT2D eigenvalue weighted by atomic mass is 9.83. The summed E-state index contributed by atoms with van der Waals surface area (Å²) >= 11 is 0. The molecular formula is C16H31N3O. The van der Waals surface area contributed by atoms with Crippen molar-refractivity contribution >= 4 is 5.91 Å². The molecule has 0 atom stereocenters. The molecule has 0 bridgehead atoms. The summed E-state index contributed by atoms with van der Waals surface area (Å²) in [6, 6.07) is 0.863. The van der Waals surface area contributed by atoms with Crippen LogP contribution in [0, 0.1) is 5.92 Å². The van der Waals surface area contributed by atoms with Gasteiger partial charge in [0.2, 0.25) is 5.91 Å². The van der Waals surface area contributed by atoms with E-state index in [1.165, 1.54) is 12.8 Å². The predicted molar refractivity (Wildman–Crippen MR) is 82.5 cm³/mol. The minimum absolute atomic E-state index is 0.342.